The van der Waals surface area contributed by atoms with E-state index < -0.39 is 0 Å². The summed E-state index contributed by atoms with van der Waals surface area (Å²) in [5, 5.41) is 2.80. The Morgan fingerprint density at radius 1 is 1.26 bits per heavy atom. The lowest BCUT2D eigenvalue weighted by atomic mass is 10.2. The SMILES string of the molecule is O=C(NCc1ccc2nc[nH]c2c1)c1cnccn1. The summed E-state index contributed by atoms with van der Waals surface area (Å²) >= 11 is 0. The first kappa shape index (κ1) is 11.3. The predicted octanol–water partition coefficient (Wildman–Crippen LogP) is 1.28. The number of carbonyl (C=O) groups excluding carboxylic acids is 1. The standard InChI is InChI=1S/C13H11N5O/c19-13(12-7-14-3-4-15-12)16-6-9-1-2-10-11(5-9)18-8-17-10/h1-5,7-8H,6H2,(H,16,19)(H,17,18). The molecule has 3 aromatic rings. The van der Waals surface area contributed by atoms with Crippen LogP contribution in [-0.4, -0.2) is 25.8 Å². The third kappa shape index (κ3) is 2.42. The maximum absolute atomic E-state index is 11.8. The zero-order chi connectivity index (χ0) is 13.1. The van der Waals surface area contributed by atoms with Crippen molar-refractivity contribution < 1.29 is 4.79 Å². The Kier molecular flexibility index (Phi) is 2.89. The molecule has 2 aromatic heterocycles. The van der Waals surface area contributed by atoms with Crippen molar-refractivity contribution in [3.05, 3.63) is 54.4 Å². The van der Waals surface area contributed by atoms with Crippen molar-refractivity contribution in [2.24, 2.45) is 0 Å². The first-order chi connectivity index (χ1) is 9.33. The van der Waals surface area contributed by atoms with Gasteiger partial charge in [0.15, 0.2) is 0 Å². The number of hydrogen-bond acceptors (Lipinski definition) is 4. The number of nitrogens with zero attached hydrogens (tertiary/aromatic N) is 3. The van der Waals surface area contributed by atoms with Crippen LogP contribution in [0.15, 0.2) is 43.1 Å². The molecule has 2 N–H and O–H groups in total. The number of aromatic nitrogens is 4. The van der Waals surface area contributed by atoms with E-state index in [1.54, 1.807) is 6.33 Å². The Morgan fingerprint density at radius 2 is 2.21 bits per heavy atom. The number of nitrogens with one attached hydrogen (secondary N) is 2. The normalized spacial score (nSPS) is 10.5. The summed E-state index contributed by atoms with van der Waals surface area (Å²) < 4.78 is 0. The molecule has 0 aliphatic carbocycles. The van der Waals surface area contributed by atoms with E-state index in [0.29, 0.717) is 12.2 Å². The van der Waals surface area contributed by atoms with Crippen LogP contribution >= 0.6 is 0 Å². The topological polar surface area (TPSA) is 83.6 Å². The largest absolute Gasteiger partial charge is 0.347 e. The van der Waals surface area contributed by atoms with Crippen LogP contribution in [0.4, 0.5) is 0 Å². The van der Waals surface area contributed by atoms with E-state index >= 15 is 0 Å². The van der Waals surface area contributed by atoms with E-state index in [4.69, 9.17) is 0 Å². The highest BCUT2D eigenvalue weighted by Crippen LogP contribution is 2.11. The van der Waals surface area contributed by atoms with Crippen molar-refractivity contribution in [3.8, 4) is 0 Å². The number of hydrogen-bond donors (Lipinski definition) is 2. The molecule has 0 aliphatic heterocycles. The van der Waals surface area contributed by atoms with E-state index in [9.17, 15) is 4.79 Å². The first-order valence-electron chi connectivity index (χ1n) is 5.79. The van der Waals surface area contributed by atoms with Gasteiger partial charge < -0.3 is 10.3 Å². The van der Waals surface area contributed by atoms with E-state index in [1.165, 1.54) is 18.6 Å². The second kappa shape index (κ2) is 4.85. The van der Waals surface area contributed by atoms with Crippen molar-refractivity contribution in [1.82, 2.24) is 25.3 Å². The zero-order valence-corrected chi connectivity index (χ0v) is 10.00. The summed E-state index contributed by atoms with van der Waals surface area (Å²) in [7, 11) is 0. The number of fused-ring (bicyclic) bond motifs is 1. The molecule has 3 rings (SSSR count). The van der Waals surface area contributed by atoms with Gasteiger partial charge in [-0.2, -0.15) is 0 Å². The van der Waals surface area contributed by atoms with Crippen LogP contribution < -0.4 is 5.32 Å². The molecule has 1 aromatic carbocycles. The fourth-order valence-electron chi connectivity index (χ4n) is 1.78. The smallest absolute Gasteiger partial charge is 0.271 e. The van der Waals surface area contributed by atoms with Gasteiger partial charge in [-0.05, 0) is 17.7 Å². The van der Waals surface area contributed by atoms with Crippen molar-refractivity contribution in [1.29, 1.82) is 0 Å². The highest BCUT2D eigenvalue weighted by atomic mass is 16.1. The van der Waals surface area contributed by atoms with Crippen molar-refractivity contribution in [3.63, 3.8) is 0 Å². The lowest BCUT2D eigenvalue weighted by Crippen LogP contribution is -2.23. The number of H-pyrrole nitrogens is 1. The fraction of sp³-hybridized carbons (Fsp3) is 0.0769. The van der Waals surface area contributed by atoms with Gasteiger partial charge in [0, 0.05) is 18.9 Å². The van der Waals surface area contributed by atoms with Gasteiger partial charge in [-0.3, -0.25) is 9.78 Å². The van der Waals surface area contributed by atoms with E-state index in [0.717, 1.165) is 16.6 Å². The molecule has 0 fully saturated rings. The predicted molar refractivity (Wildman–Crippen MR) is 69.3 cm³/mol. The van der Waals surface area contributed by atoms with E-state index in [1.807, 2.05) is 18.2 Å². The van der Waals surface area contributed by atoms with Gasteiger partial charge in [0.25, 0.3) is 5.91 Å². The van der Waals surface area contributed by atoms with E-state index in [-0.39, 0.29) is 5.91 Å². The minimum Gasteiger partial charge on any atom is -0.347 e. The molecule has 0 bridgehead atoms. The molecule has 0 saturated heterocycles. The molecule has 0 unspecified atom stereocenters. The number of aromatic amines is 1. The molecule has 6 nitrogen and oxygen atoms in total. The number of imidazole rings is 1. The molecule has 0 aliphatic rings. The highest BCUT2D eigenvalue weighted by Gasteiger charge is 2.06. The molecule has 0 spiro atoms. The second-order valence-electron chi connectivity index (χ2n) is 4.03. The van der Waals surface area contributed by atoms with Crippen LogP contribution in [0, 0.1) is 0 Å². The summed E-state index contributed by atoms with van der Waals surface area (Å²) in [4.78, 5) is 26.8. The van der Waals surface area contributed by atoms with Gasteiger partial charge >= 0.3 is 0 Å². The Bertz CT molecular complexity index is 707. The van der Waals surface area contributed by atoms with Crippen LogP contribution in [0.3, 0.4) is 0 Å². The average molecular weight is 253 g/mol. The average Bonchev–Trinajstić information content (AvgIpc) is 2.93. The molecule has 1 amide bonds. The monoisotopic (exact) mass is 253 g/mol. The van der Waals surface area contributed by atoms with Gasteiger partial charge in [-0.15, -0.1) is 0 Å². The molecule has 0 radical (unpaired) electrons. The van der Waals surface area contributed by atoms with Gasteiger partial charge in [0.05, 0.1) is 23.6 Å². The number of carbonyl (C=O) groups is 1. The molecule has 6 heteroatoms. The molecule has 19 heavy (non-hydrogen) atoms. The summed E-state index contributed by atoms with van der Waals surface area (Å²) in [6, 6.07) is 5.80. The maximum atomic E-state index is 11.8. The zero-order valence-electron chi connectivity index (χ0n) is 10.00. The Morgan fingerprint density at radius 3 is 3.05 bits per heavy atom. The first-order valence-corrected chi connectivity index (χ1v) is 5.79. The summed E-state index contributed by atoms with van der Waals surface area (Å²) in [6.07, 6.45) is 6.11. The molecule has 0 atom stereocenters. The molecule has 94 valence electrons. The van der Waals surface area contributed by atoms with E-state index in [2.05, 4.69) is 25.3 Å². The number of amides is 1. The molecule has 0 saturated carbocycles. The van der Waals surface area contributed by atoms with Gasteiger partial charge in [-0.1, -0.05) is 6.07 Å². The second-order valence-corrected chi connectivity index (χ2v) is 4.03. The van der Waals surface area contributed by atoms with Crippen molar-refractivity contribution in [2.75, 3.05) is 0 Å². The molecule has 2 heterocycles. The molecular weight excluding hydrogens is 242 g/mol. The number of benzene rings is 1. The minimum absolute atomic E-state index is 0.238. The summed E-state index contributed by atoms with van der Waals surface area (Å²) in [6.45, 7) is 0.435. The Balaban J connectivity index is 1.70. The maximum Gasteiger partial charge on any atom is 0.271 e. The van der Waals surface area contributed by atoms with Crippen LogP contribution in [-0.2, 0) is 6.54 Å². The van der Waals surface area contributed by atoms with Crippen molar-refractivity contribution in [2.45, 2.75) is 6.54 Å². The van der Waals surface area contributed by atoms with Crippen LogP contribution in [0.1, 0.15) is 16.1 Å². The molecular formula is C13H11N5O. The van der Waals surface area contributed by atoms with Gasteiger partial charge in [0.2, 0.25) is 0 Å². The Hall–Kier alpha value is -2.76. The van der Waals surface area contributed by atoms with Crippen LogP contribution in [0.5, 0.6) is 0 Å². The summed E-state index contributed by atoms with van der Waals surface area (Å²) in [5.74, 6) is -0.238. The van der Waals surface area contributed by atoms with Crippen LogP contribution in [0.2, 0.25) is 0 Å². The third-order valence-corrected chi connectivity index (χ3v) is 2.73. The minimum atomic E-state index is -0.238. The quantitative estimate of drug-likeness (QED) is 0.736. The number of rotatable bonds is 3. The summed E-state index contributed by atoms with van der Waals surface area (Å²) in [5.41, 5.74) is 3.16. The Labute approximate surface area is 108 Å². The highest BCUT2D eigenvalue weighted by molar-refractivity contribution is 5.91. The lowest BCUT2D eigenvalue weighted by Gasteiger charge is -2.04. The van der Waals surface area contributed by atoms with Gasteiger partial charge in [0.1, 0.15) is 5.69 Å². The van der Waals surface area contributed by atoms with Crippen LogP contribution in [0.25, 0.3) is 11.0 Å². The lowest BCUT2D eigenvalue weighted by molar-refractivity contribution is 0.0945. The fourth-order valence-corrected chi connectivity index (χ4v) is 1.78. The van der Waals surface area contributed by atoms with Crippen molar-refractivity contribution >= 4 is 16.9 Å². The van der Waals surface area contributed by atoms with Gasteiger partial charge in [-0.25, -0.2) is 9.97 Å². The third-order valence-electron chi connectivity index (χ3n) is 2.73.